The van der Waals surface area contributed by atoms with E-state index in [-0.39, 0.29) is 30.2 Å². The first-order chi connectivity index (χ1) is 19.5. The third-order valence-electron chi connectivity index (χ3n) is 8.15. The number of fused-ring (bicyclic) bond motifs is 1. The number of imide groups is 1. The quantitative estimate of drug-likeness (QED) is 0.488. The molecule has 5 amide bonds. The van der Waals surface area contributed by atoms with Crippen molar-refractivity contribution in [3.63, 3.8) is 0 Å². The van der Waals surface area contributed by atoms with Gasteiger partial charge in [-0.15, -0.1) is 0 Å². The number of rotatable bonds is 6. The second-order valence-corrected chi connectivity index (χ2v) is 12.3. The number of carbonyl (C=O) groups excluding carboxylic acids is 5. The number of hydrogen-bond donors (Lipinski definition) is 2. The highest BCUT2D eigenvalue weighted by molar-refractivity contribution is 6.05. The Balaban J connectivity index is 1.06. The number of alkyl carbamates (subject to hydrolysis) is 1. The average molecular weight is 569 g/mol. The van der Waals surface area contributed by atoms with E-state index in [1.807, 2.05) is 43.9 Å². The molecule has 3 fully saturated rings. The van der Waals surface area contributed by atoms with Crippen LogP contribution in [0.1, 0.15) is 62.4 Å². The second-order valence-electron chi connectivity index (χ2n) is 12.3. The van der Waals surface area contributed by atoms with Crippen molar-refractivity contribution in [2.45, 2.75) is 70.7 Å². The molecule has 41 heavy (non-hydrogen) atoms. The van der Waals surface area contributed by atoms with E-state index in [0.717, 1.165) is 43.9 Å². The summed E-state index contributed by atoms with van der Waals surface area (Å²) in [4.78, 5) is 69.6. The second kappa shape index (κ2) is 11.7. The van der Waals surface area contributed by atoms with Gasteiger partial charge in [-0.05, 0) is 57.4 Å². The summed E-state index contributed by atoms with van der Waals surface area (Å²) in [6.45, 7) is 10.9. The van der Waals surface area contributed by atoms with Crippen molar-refractivity contribution in [3.05, 3.63) is 29.3 Å². The summed E-state index contributed by atoms with van der Waals surface area (Å²) < 4.78 is 5.32. The summed E-state index contributed by atoms with van der Waals surface area (Å²) in [5, 5.41) is 5.21. The predicted octanol–water partition coefficient (Wildman–Crippen LogP) is 1.09. The Morgan fingerprint density at radius 3 is 2.51 bits per heavy atom. The Labute approximate surface area is 240 Å². The van der Waals surface area contributed by atoms with Crippen LogP contribution in [0.4, 0.5) is 10.5 Å². The summed E-state index contributed by atoms with van der Waals surface area (Å²) in [5.74, 6) is -0.761. The molecule has 222 valence electrons. The predicted molar refractivity (Wildman–Crippen MR) is 150 cm³/mol. The molecule has 0 spiro atoms. The number of anilines is 1. The maximum atomic E-state index is 13.0. The summed E-state index contributed by atoms with van der Waals surface area (Å²) in [7, 11) is 0. The monoisotopic (exact) mass is 568 g/mol. The van der Waals surface area contributed by atoms with Gasteiger partial charge in [-0.2, -0.15) is 0 Å². The number of nitrogens with zero attached hydrogens (tertiary/aromatic N) is 4. The number of amides is 5. The minimum absolute atomic E-state index is 0.0870. The van der Waals surface area contributed by atoms with Crippen LogP contribution >= 0.6 is 0 Å². The first-order valence-corrected chi connectivity index (χ1v) is 14.5. The van der Waals surface area contributed by atoms with Crippen LogP contribution in [0.2, 0.25) is 0 Å². The van der Waals surface area contributed by atoms with Crippen molar-refractivity contribution in [1.29, 1.82) is 0 Å². The van der Waals surface area contributed by atoms with Crippen LogP contribution in [-0.4, -0.2) is 108 Å². The zero-order valence-electron chi connectivity index (χ0n) is 24.1. The van der Waals surface area contributed by atoms with Gasteiger partial charge in [0.2, 0.25) is 17.7 Å². The van der Waals surface area contributed by atoms with E-state index in [1.165, 1.54) is 0 Å². The molecular formula is C29H40N6O6. The lowest BCUT2D eigenvalue weighted by atomic mass is 10.0. The Hall–Kier alpha value is -3.67. The number of benzene rings is 1. The van der Waals surface area contributed by atoms with Crippen molar-refractivity contribution in [1.82, 2.24) is 25.3 Å². The van der Waals surface area contributed by atoms with Crippen LogP contribution in [0.5, 0.6) is 0 Å². The minimum Gasteiger partial charge on any atom is -0.444 e. The molecule has 4 heterocycles. The van der Waals surface area contributed by atoms with Crippen LogP contribution < -0.4 is 15.5 Å². The van der Waals surface area contributed by atoms with Gasteiger partial charge in [-0.3, -0.25) is 29.4 Å². The SMILES string of the molecule is CC(C)(C)OC(=O)N[C@H]1CCN(C(=O)CCN2CCN(c3ccc4c(c3)CN(C3CCC(=O)NC3=O)C4=O)CC2)C1. The standard InChI is InChI=1S/C29H40N6O6/c1-29(2,3)41-28(40)30-20-8-11-34(18-20)25(37)9-10-32-12-14-33(15-13-32)21-4-5-22-19(16-21)17-35(27(22)39)23-6-7-24(36)31-26(23)38/h4-5,16,20,23H,6-15,17-18H2,1-3H3,(H,30,40)(H,31,36,38)/t20-,23?/m0/s1. The number of nitrogens with one attached hydrogen (secondary N) is 2. The van der Waals surface area contributed by atoms with Crippen molar-refractivity contribution >= 4 is 35.4 Å². The highest BCUT2D eigenvalue weighted by atomic mass is 16.6. The normalized spacial score (nSPS) is 23.5. The topological polar surface area (TPSA) is 132 Å². The molecule has 4 aliphatic rings. The number of hydrogen-bond acceptors (Lipinski definition) is 8. The maximum absolute atomic E-state index is 13.0. The molecule has 0 radical (unpaired) electrons. The van der Waals surface area contributed by atoms with Crippen molar-refractivity contribution in [2.24, 2.45) is 0 Å². The van der Waals surface area contributed by atoms with E-state index in [1.54, 1.807) is 4.90 Å². The third-order valence-corrected chi connectivity index (χ3v) is 8.15. The van der Waals surface area contributed by atoms with Gasteiger partial charge >= 0.3 is 6.09 Å². The molecule has 1 aromatic carbocycles. The van der Waals surface area contributed by atoms with Gasteiger partial charge in [0.1, 0.15) is 11.6 Å². The number of likely N-dealkylation sites (tertiary alicyclic amines) is 1. The fourth-order valence-corrected chi connectivity index (χ4v) is 5.98. The number of piperidine rings is 1. The van der Waals surface area contributed by atoms with Gasteiger partial charge in [0.15, 0.2) is 0 Å². The van der Waals surface area contributed by atoms with Crippen LogP contribution in [0, 0.1) is 0 Å². The van der Waals surface area contributed by atoms with Crippen molar-refractivity contribution < 1.29 is 28.7 Å². The first-order valence-electron chi connectivity index (χ1n) is 14.5. The molecule has 4 aliphatic heterocycles. The van der Waals surface area contributed by atoms with Crippen LogP contribution in [-0.2, 0) is 25.7 Å². The molecule has 2 atom stereocenters. The Morgan fingerprint density at radius 1 is 1.05 bits per heavy atom. The molecule has 5 rings (SSSR count). The highest BCUT2D eigenvalue weighted by Crippen LogP contribution is 2.31. The van der Waals surface area contributed by atoms with E-state index < -0.39 is 23.6 Å². The molecule has 0 saturated carbocycles. The molecule has 0 aromatic heterocycles. The van der Waals surface area contributed by atoms with E-state index in [2.05, 4.69) is 20.4 Å². The molecule has 12 heteroatoms. The molecule has 12 nitrogen and oxygen atoms in total. The molecular weight excluding hydrogens is 528 g/mol. The van der Waals surface area contributed by atoms with E-state index in [4.69, 9.17) is 4.74 Å². The molecule has 0 bridgehead atoms. The van der Waals surface area contributed by atoms with Gasteiger partial charge in [0, 0.05) is 76.5 Å². The molecule has 1 unspecified atom stereocenters. The summed E-state index contributed by atoms with van der Waals surface area (Å²) in [6, 6.07) is 5.13. The van der Waals surface area contributed by atoms with Gasteiger partial charge < -0.3 is 24.8 Å². The van der Waals surface area contributed by atoms with Crippen LogP contribution in [0.25, 0.3) is 0 Å². The van der Waals surface area contributed by atoms with Crippen LogP contribution in [0.15, 0.2) is 18.2 Å². The zero-order chi connectivity index (χ0) is 29.3. The van der Waals surface area contributed by atoms with Gasteiger partial charge in [0.25, 0.3) is 5.91 Å². The largest absolute Gasteiger partial charge is 0.444 e. The fraction of sp³-hybridized carbons (Fsp3) is 0.621. The van der Waals surface area contributed by atoms with Crippen molar-refractivity contribution in [2.75, 3.05) is 50.7 Å². The smallest absolute Gasteiger partial charge is 0.407 e. The highest BCUT2D eigenvalue weighted by Gasteiger charge is 2.39. The van der Waals surface area contributed by atoms with Crippen molar-refractivity contribution in [3.8, 4) is 0 Å². The van der Waals surface area contributed by atoms with Gasteiger partial charge in [-0.25, -0.2) is 4.79 Å². The minimum atomic E-state index is -0.616. The number of carbonyl (C=O) groups is 5. The third kappa shape index (κ3) is 6.80. The average Bonchev–Trinajstić information content (AvgIpc) is 3.50. The van der Waals surface area contributed by atoms with E-state index in [0.29, 0.717) is 44.6 Å². The van der Waals surface area contributed by atoms with Gasteiger partial charge in [-0.1, -0.05) is 0 Å². The molecule has 3 saturated heterocycles. The van der Waals surface area contributed by atoms with E-state index in [9.17, 15) is 24.0 Å². The number of ether oxygens (including phenoxy) is 1. The molecule has 2 N–H and O–H groups in total. The Bertz CT molecular complexity index is 1220. The molecule has 0 aliphatic carbocycles. The Morgan fingerprint density at radius 2 is 1.80 bits per heavy atom. The van der Waals surface area contributed by atoms with Gasteiger partial charge in [0.05, 0.1) is 6.04 Å². The lowest BCUT2D eigenvalue weighted by Gasteiger charge is -2.36. The van der Waals surface area contributed by atoms with E-state index >= 15 is 0 Å². The maximum Gasteiger partial charge on any atom is 0.407 e. The Kier molecular flexibility index (Phi) is 8.21. The summed E-state index contributed by atoms with van der Waals surface area (Å²) in [5.41, 5.74) is 2.00. The summed E-state index contributed by atoms with van der Waals surface area (Å²) >= 11 is 0. The lowest BCUT2D eigenvalue weighted by molar-refractivity contribution is -0.137. The molecule has 1 aromatic rings. The number of piperazine rings is 1. The zero-order valence-corrected chi connectivity index (χ0v) is 24.1. The van der Waals surface area contributed by atoms with Crippen LogP contribution in [0.3, 0.4) is 0 Å². The summed E-state index contributed by atoms with van der Waals surface area (Å²) in [6.07, 6.45) is 1.30. The first kappa shape index (κ1) is 28.8. The fourth-order valence-electron chi connectivity index (χ4n) is 5.98. The lowest BCUT2D eigenvalue weighted by Crippen LogP contribution is -2.52.